The summed E-state index contributed by atoms with van der Waals surface area (Å²) >= 11 is 0. The summed E-state index contributed by atoms with van der Waals surface area (Å²) in [6.45, 7) is 2.01. The van der Waals surface area contributed by atoms with Crippen LogP contribution >= 0.6 is 0 Å². The molecule has 0 amide bonds. The summed E-state index contributed by atoms with van der Waals surface area (Å²) in [4.78, 5) is 10.8. The normalized spacial score (nSPS) is 8.80. The van der Waals surface area contributed by atoms with Gasteiger partial charge in [-0.2, -0.15) is 0 Å². The second-order valence-electron chi connectivity index (χ2n) is 2.35. The third-order valence-corrected chi connectivity index (χ3v) is 1.31. The van der Waals surface area contributed by atoms with Crippen molar-refractivity contribution >= 4 is 5.78 Å². The van der Waals surface area contributed by atoms with E-state index in [9.17, 15) is 4.79 Å². The number of carbonyl (C=O) groups excluding carboxylic acids is 1. The number of Topliss-reactive ketones (excluding diaryl/α,β-unsaturated/α-hetero) is 1. The molecule has 0 atom stereocenters. The first-order valence-electron chi connectivity index (χ1n) is 3.76. The molecule has 0 aromatic heterocycles. The van der Waals surface area contributed by atoms with Crippen molar-refractivity contribution in [1.29, 1.82) is 0 Å². The molecule has 0 aliphatic carbocycles. The highest BCUT2D eigenvalue weighted by molar-refractivity contribution is 5.78. The summed E-state index contributed by atoms with van der Waals surface area (Å²) in [6, 6.07) is 0. The Hall–Kier alpha value is -0.770. The Bertz CT molecular complexity index is 130. The minimum atomic E-state index is 0.345. The van der Waals surface area contributed by atoms with Gasteiger partial charge in [0, 0.05) is 19.3 Å². The molecule has 1 nitrogen and oxygen atoms in total. The first kappa shape index (κ1) is 9.23. The lowest BCUT2D eigenvalue weighted by molar-refractivity contribution is -0.119. The number of rotatable bonds is 5. The molecule has 0 aromatic carbocycles. The number of terminal acetylenes is 1. The number of ketones is 1. The van der Waals surface area contributed by atoms with Crippen molar-refractivity contribution in [2.45, 2.75) is 39.0 Å². The van der Waals surface area contributed by atoms with E-state index in [-0.39, 0.29) is 0 Å². The molecule has 0 spiro atoms. The molecule has 0 unspecified atom stereocenters. The van der Waals surface area contributed by atoms with Crippen molar-refractivity contribution in [3.63, 3.8) is 0 Å². The first-order valence-corrected chi connectivity index (χ1v) is 3.76. The molecule has 0 fully saturated rings. The van der Waals surface area contributed by atoms with Crippen molar-refractivity contribution in [2.24, 2.45) is 0 Å². The van der Waals surface area contributed by atoms with Crippen LogP contribution in [0.4, 0.5) is 0 Å². The molecule has 1 heteroatoms. The van der Waals surface area contributed by atoms with Crippen molar-refractivity contribution in [3.05, 3.63) is 0 Å². The Balaban J connectivity index is 3.15. The SMILES string of the molecule is C#CCCCC(=O)CCC. The van der Waals surface area contributed by atoms with Crippen LogP contribution in [0.2, 0.25) is 0 Å². The monoisotopic (exact) mass is 138 g/mol. The Morgan fingerprint density at radius 3 is 2.70 bits per heavy atom. The topological polar surface area (TPSA) is 17.1 Å². The van der Waals surface area contributed by atoms with E-state index in [1.54, 1.807) is 0 Å². The summed E-state index contributed by atoms with van der Waals surface area (Å²) in [5.74, 6) is 2.86. The third-order valence-electron chi connectivity index (χ3n) is 1.31. The maximum absolute atomic E-state index is 10.8. The highest BCUT2D eigenvalue weighted by atomic mass is 16.1. The Morgan fingerprint density at radius 2 is 2.20 bits per heavy atom. The van der Waals surface area contributed by atoms with Gasteiger partial charge >= 0.3 is 0 Å². The molecule has 0 N–H and O–H groups in total. The third kappa shape index (κ3) is 5.37. The molecular formula is C9H14O. The minimum absolute atomic E-state index is 0.345. The van der Waals surface area contributed by atoms with Gasteiger partial charge in [0.25, 0.3) is 0 Å². The van der Waals surface area contributed by atoms with Crippen molar-refractivity contribution in [1.82, 2.24) is 0 Å². The van der Waals surface area contributed by atoms with Gasteiger partial charge in [-0.3, -0.25) is 4.79 Å². The zero-order chi connectivity index (χ0) is 7.82. The van der Waals surface area contributed by atoms with Gasteiger partial charge in [0.1, 0.15) is 5.78 Å². The lowest BCUT2D eigenvalue weighted by Crippen LogP contribution is -1.95. The van der Waals surface area contributed by atoms with Gasteiger partial charge in [0.2, 0.25) is 0 Å². The van der Waals surface area contributed by atoms with Crippen LogP contribution in [-0.4, -0.2) is 5.78 Å². The summed E-state index contributed by atoms with van der Waals surface area (Å²) in [5.41, 5.74) is 0. The Kier molecular flexibility index (Phi) is 5.86. The van der Waals surface area contributed by atoms with Gasteiger partial charge in [-0.25, -0.2) is 0 Å². The summed E-state index contributed by atoms with van der Waals surface area (Å²) in [5, 5.41) is 0. The second-order valence-corrected chi connectivity index (χ2v) is 2.35. The van der Waals surface area contributed by atoms with Gasteiger partial charge in [-0.05, 0) is 12.8 Å². The van der Waals surface area contributed by atoms with Gasteiger partial charge in [0.05, 0.1) is 0 Å². The Morgan fingerprint density at radius 1 is 1.50 bits per heavy atom. The van der Waals surface area contributed by atoms with Crippen LogP contribution < -0.4 is 0 Å². The van der Waals surface area contributed by atoms with Crippen LogP contribution in [0, 0.1) is 12.3 Å². The molecule has 0 heterocycles. The van der Waals surface area contributed by atoms with Gasteiger partial charge < -0.3 is 0 Å². The fourth-order valence-corrected chi connectivity index (χ4v) is 0.791. The molecular weight excluding hydrogens is 124 g/mol. The minimum Gasteiger partial charge on any atom is -0.300 e. The maximum Gasteiger partial charge on any atom is 0.132 e. The van der Waals surface area contributed by atoms with E-state index in [4.69, 9.17) is 6.42 Å². The van der Waals surface area contributed by atoms with Crippen LogP contribution in [0.25, 0.3) is 0 Å². The molecule has 0 saturated carbocycles. The zero-order valence-electron chi connectivity index (χ0n) is 6.52. The molecule has 0 aliphatic heterocycles. The lowest BCUT2D eigenvalue weighted by atomic mass is 10.1. The molecule has 10 heavy (non-hydrogen) atoms. The van der Waals surface area contributed by atoms with E-state index in [1.807, 2.05) is 6.92 Å². The van der Waals surface area contributed by atoms with Crippen LogP contribution in [0.1, 0.15) is 39.0 Å². The highest BCUT2D eigenvalue weighted by Gasteiger charge is 1.97. The van der Waals surface area contributed by atoms with Crippen molar-refractivity contribution in [2.75, 3.05) is 0 Å². The number of carbonyl (C=O) groups is 1. The van der Waals surface area contributed by atoms with E-state index in [2.05, 4.69) is 5.92 Å². The lowest BCUT2D eigenvalue weighted by Gasteiger charge is -1.93. The van der Waals surface area contributed by atoms with E-state index < -0.39 is 0 Å². The standard InChI is InChI=1S/C9H14O/c1-3-5-6-8-9(10)7-4-2/h1H,4-8H2,2H3. The van der Waals surface area contributed by atoms with Gasteiger partial charge in [-0.15, -0.1) is 12.3 Å². The smallest absolute Gasteiger partial charge is 0.132 e. The Labute approximate surface area is 62.8 Å². The fourth-order valence-electron chi connectivity index (χ4n) is 0.791. The summed E-state index contributed by atoms with van der Waals surface area (Å²) in [6.07, 6.45) is 8.95. The quantitative estimate of drug-likeness (QED) is 0.420. The largest absolute Gasteiger partial charge is 0.300 e. The van der Waals surface area contributed by atoms with E-state index >= 15 is 0 Å². The van der Waals surface area contributed by atoms with E-state index in [0.717, 1.165) is 19.3 Å². The average molecular weight is 138 g/mol. The van der Waals surface area contributed by atoms with Crippen LogP contribution in [0.5, 0.6) is 0 Å². The maximum atomic E-state index is 10.8. The second kappa shape index (κ2) is 6.35. The van der Waals surface area contributed by atoms with Crippen molar-refractivity contribution < 1.29 is 4.79 Å². The van der Waals surface area contributed by atoms with Gasteiger partial charge in [0.15, 0.2) is 0 Å². The number of hydrogen-bond acceptors (Lipinski definition) is 1. The molecule has 0 saturated heterocycles. The summed E-state index contributed by atoms with van der Waals surface area (Å²) < 4.78 is 0. The first-order chi connectivity index (χ1) is 4.81. The summed E-state index contributed by atoms with van der Waals surface area (Å²) in [7, 11) is 0. The molecule has 0 aromatic rings. The molecule has 56 valence electrons. The zero-order valence-corrected chi connectivity index (χ0v) is 6.52. The fraction of sp³-hybridized carbons (Fsp3) is 0.667. The van der Waals surface area contributed by atoms with Crippen LogP contribution in [-0.2, 0) is 4.79 Å². The van der Waals surface area contributed by atoms with Crippen molar-refractivity contribution in [3.8, 4) is 12.3 Å². The average Bonchev–Trinajstić information content (AvgIpc) is 1.89. The number of hydrogen-bond donors (Lipinski definition) is 0. The molecule has 0 radical (unpaired) electrons. The number of unbranched alkanes of at least 4 members (excludes halogenated alkanes) is 1. The van der Waals surface area contributed by atoms with E-state index in [0.29, 0.717) is 18.6 Å². The molecule has 0 aliphatic rings. The predicted molar refractivity (Wildman–Crippen MR) is 42.6 cm³/mol. The molecule has 0 rings (SSSR count). The van der Waals surface area contributed by atoms with E-state index in [1.165, 1.54) is 0 Å². The van der Waals surface area contributed by atoms with Crippen LogP contribution in [0.15, 0.2) is 0 Å². The predicted octanol–water partition coefficient (Wildman–Crippen LogP) is 2.16. The van der Waals surface area contributed by atoms with Crippen LogP contribution in [0.3, 0.4) is 0 Å². The van der Waals surface area contributed by atoms with Gasteiger partial charge in [-0.1, -0.05) is 6.92 Å². The highest BCUT2D eigenvalue weighted by Crippen LogP contribution is 1.99. The molecule has 0 bridgehead atoms.